The Morgan fingerprint density at radius 1 is 1.50 bits per heavy atom. The van der Waals surface area contributed by atoms with Crippen LogP contribution >= 0.6 is 0 Å². The molecule has 0 heterocycles. The van der Waals surface area contributed by atoms with Crippen LogP contribution in [0.2, 0.25) is 0 Å². The maximum atomic E-state index is 10.7. The third kappa shape index (κ3) is 3.56. The summed E-state index contributed by atoms with van der Waals surface area (Å²) in [6.07, 6.45) is 0.987. The molecule has 0 saturated carbocycles. The second-order valence-electron chi connectivity index (χ2n) is 2.78. The Hall–Kier alpha value is -1.38. The van der Waals surface area contributed by atoms with Crippen LogP contribution in [0.3, 0.4) is 0 Å². The lowest BCUT2D eigenvalue weighted by Crippen LogP contribution is -2.02. The molecule has 0 aliphatic carbocycles. The molecule has 0 radical (unpaired) electrons. The van der Waals surface area contributed by atoms with Crippen LogP contribution in [0, 0.1) is 11.3 Å². The molecule has 0 aliphatic heterocycles. The van der Waals surface area contributed by atoms with Gasteiger partial charge in [-0.3, -0.25) is 4.18 Å². The number of benzene rings is 1. The van der Waals surface area contributed by atoms with Gasteiger partial charge in [0.25, 0.3) is 10.1 Å². The second kappa shape index (κ2) is 4.22. The van der Waals surface area contributed by atoms with Crippen molar-refractivity contribution in [3.05, 3.63) is 35.4 Å². The Kier molecular flexibility index (Phi) is 3.23. The van der Waals surface area contributed by atoms with Gasteiger partial charge in [0.05, 0.1) is 24.5 Å². The van der Waals surface area contributed by atoms with Crippen molar-refractivity contribution in [3.63, 3.8) is 0 Å². The van der Waals surface area contributed by atoms with Crippen molar-refractivity contribution in [2.75, 3.05) is 6.26 Å². The van der Waals surface area contributed by atoms with Crippen LogP contribution in [0.25, 0.3) is 0 Å². The van der Waals surface area contributed by atoms with Crippen molar-refractivity contribution in [3.8, 4) is 6.07 Å². The van der Waals surface area contributed by atoms with E-state index in [-0.39, 0.29) is 6.61 Å². The van der Waals surface area contributed by atoms with Crippen molar-refractivity contribution in [1.82, 2.24) is 0 Å². The lowest BCUT2D eigenvalue weighted by molar-refractivity contribution is 0.311. The minimum Gasteiger partial charge on any atom is -0.265 e. The van der Waals surface area contributed by atoms with Crippen LogP contribution in [0.5, 0.6) is 0 Å². The van der Waals surface area contributed by atoms with Crippen molar-refractivity contribution in [2.45, 2.75) is 6.61 Å². The molecule has 0 atom stereocenters. The van der Waals surface area contributed by atoms with E-state index in [0.29, 0.717) is 11.1 Å². The molecule has 1 rings (SSSR count). The number of nitriles is 1. The van der Waals surface area contributed by atoms with Crippen LogP contribution in [0.1, 0.15) is 11.1 Å². The Labute approximate surface area is 82.9 Å². The molecule has 14 heavy (non-hydrogen) atoms. The zero-order valence-electron chi connectivity index (χ0n) is 7.60. The SMILES string of the molecule is CS(=O)(=O)OCc1cccc(C#N)c1. The fourth-order valence-corrected chi connectivity index (χ4v) is 1.26. The smallest absolute Gasteiger partial charge is 0.264 e. The van der Waals surface area contributed by atoms with E-state index in [1.807, 2.05) is 6.07 Å². The topological polar surface area (TPSA) is 67.2 Å². The average molecular weight is 211 g/mol. The highest BCUT2D eigenvalue weighted by atomic mass is 32.2. The van der Waals surface area contributed by atoms with Gasteiger partial charge in [0.1, 0.15) is 0 Å². The molecule has 0 unspecified atom stereocenters. The Bertz CT molecular complexity index is 459. The van der Waals surface area contributed by atoms with Gasteiger partial charge in [0.15, 0.2) is 0 Å². The van der Waals surface area contributed by atoms with Gasteiger partial charge < -0.3 is 0 Å². The highest BCUT2D eigenvalue weighted by Crippen LogP contribution is 2.06. The van der Waals surface area contributed by atoms with E-state index in [9.17, 15) is 8.42 Å². The lowest BCUT2D eigenvalue weighted by Gasteiger charge is -2.01. The van der Waals surface area contributed by atoms with Crippen LogP contribution < -0.4 is 0 Å². The summed E-state index contributed by atoms with van der Waals surface area (Å²) in [4.78, 5) is 0. The Balaban J connectivity index is 2.74. The van der Waals surface area contributed by atoms with Gasteiger partial charge in [-0.1, -0.05) is 12.1 Å². The molecule has 1 aromatic carbocycles. The first kappa shape index (κ1) is 10.7. The first-order chi connectivity index (χ1) is 6.51. The minimum absolute atomic E-state index is 0.0334. The monoisotopic (exact) mass is 211 g/mol. The van der Waals surface area contributed by atoms with Gasteiger partial charge >= 0.3 is 0 Å². The van der Waals surface area contributed by atoms with Crippen LogP contribution in [0.4, 0.5) is 0 Å². The quantitative estimate of drug-likeness (QED) is 0.700. The normalized spacial score (nSPS) is 10.9. The fourth-order valence-electron chi connectivity index (χ4n) is 0.906. The molecule has 5 heteroatoms. The largest absolute Gasteiger partial charge is 0.265 e. The van der Waals surface area contributed by atoms with Gasteiger partial charge in [-0.25, -0.2) is 0 Å². The summed E-state index contributed by atoms with van der Waals surface area (Å²) in [6.45, 7) is -0.0334. The van der Waals surface area contributed by atoms with Gasteiger partial charge in [0.2, 0.25) is 0 Å². The molecule has 0 aromatic heterocycles. The molecular weight excluding hydrogens is 202 g/mol. The van der Waals surface area contributed by atoms with Gasteiger partial charge in [-0.05, 0) is 17.7 Å². The lowest BCUT2D eigenvalue weighted by atomic mass is 10.1. The first-order valence-electron chi connectivity index (χ1n) is 3.85. The third-order valence-corrected chi connectivity index (χ3v) is 2.04. The number of hydrogen-bond donors (Lipinski definition) is 0. The summed E-state index contributed by atoms with van der Waals surface area (Å²) in [6, 6.07) is 8.57. The molecule has 1 aromatic rings. The zero-order chi connectivity index (χ0) is 10.6. The number of nitrogens with zero attached hydrogens (tertiary/aromatic N) is 1. The molecule has 0 spiro atoms. The van der Waals surface area contributed by atoms with E-state index < -0.39 is 10.1 Å². The average Bonchev–Trinajstić information content (AvgIpc) is 2.14. The van der Waals surface area contributed by atoms with E-state index >= 15 is 0 Å². The summed E-state index contributed by atoms with van der Waals surface area (Å²) >= 11 is 0. The molecule has 0 N–H and O–H groups in total. The van der Waals surface area contributed by atoms with Crippen molar-refractivity contribution in [1.29, 1.82) is 5.26 Å². The van der Waals surface area contributed by atoms with Crippen molar-refractivity contribution < 1.29 is 12.6 Å². The van der Waals surface area contributed by atoms with Crippen LogP contribution in [-0.4, -0.2) is 14.7 Å². The predicted molar refractivity (Wildman–Crippen MR) is 50.8 cm³/mol. The Morgan fingerprint density at radius 3 is 2.79 bits per heavy atom. The van der Waals surface area contributed by atoms with E-state index in [1.165, 1.54) is 0 Å². The molecule has 0 aliphatic rings. The summed E-state index contributed by atoms with van der Waals surface area (Å²) in [5.74, 6) is 0. The van der Waals surface area contributed by atoms with Crippen LogP contribution in [0.15, 0.2) is 24.3 Å². The molecule has 0 fully saturated rings. The molecule has 74 valence electrons. The first-order valence-corrected chi connectivity index (χ1v) is 5.66. The number of rotatable bonds is 3. The summed E-state index contributed by atoms with van der Waals surface area (Å²) in [5.41, 5.74) is 1.15. The van der Waals surface area contributed by atoms with Crippen molar-refractivity contribution in [2.24, 2.45) is 0 Å². The van der Waals surface area contributed by atoms with Gasteiger partial charge in [-0.15, -0.1) is 0 Å². The van der Waals surface area contributed by atoms with Gasteiger partial charge in [0, 0.05) is 0 Å². The summed E-state index contributed by atoms with van der Waals surface area (Å²) in [5, 5.41) is 8.58. The predicted octanol–water partition coefficient (Wildman–Crippen LogP) is 1.03. The summed E-state index contributed by atoms with van der Waals surface area (Å²) < 4.78 is 25.9. The second-order valence-corrected chi connectivity index (χ2v) is 4.42. The zero-order valence-corrected chi connectivity index (χ0v) is 8.41. The van der Waals surface area contributed by atoms with E-state index in [4.69, 9.17) is 5.26 Å². The van der Waals surface area contributed by atoms with Crippen molar-refractivity contribution >= 4 is 10.1 Å². The highest BCUT2D eigenvalue weighted by Gasteiger charge is 2.02. The minimum atomic E-state index is -3.42. The maximum absolute atomic E-state index is 10.7. The highest BCUT2D eigenvalue weighted by molar-refractivity contribution is 7.85. The molecule has 0 amide bonds. The maximum Gasteiger partial charge on any atom is 0.264 e. The molecular formula is C9H9NO3S. The third-order valence-electron chi connectivity index (χ3n) is 1.50. The molecule has 0 bridgehead atoms. The fraction of sp³-hybridized carbons (Fsp3) is 0.222. The standard InChI is InChI=1S/C9H9NO3S/c1-14(11,12)13-7-9-4-2-3-8(5-9)6-10/h2-5H,7H2,1H3. The van der Waals surface area contributed by atoms with Gasteiger partial charge in [-0.2, -0.15) is 13.7 Å². The van der Waals surface area contributed by atoms with Crippen LogP contribution in [-0.2, 0) is 20.9 Å². The molecule has 4 nitrogen and oxygen atoms in total. The van der Waals surface area contributed by atoms with E-state index in [0.717, 1.165) is 6.26 Å². The van der Waals surface area contributed by atoms with E-state index in [1.54, 1.807) is 24.3 Å². The summed E-state index contributed by atoms with van der Waals surface area (Å²) in [7, 11) is -3.42. The molecule has 0 saturated heterocycles. The van der Waals surface area contributed by atoms with E-state index in [2.05, 4.69) is 4.18 Å². The number of hydrogen-bond acceptors (Lipinski definition) is 4. The Morgan fingerprint density at radius 2 is 2.21 bits per heavy atom.